The first-order chi connectivity index (χ1) is 13.1. The van der Waals surface area contributed by atoms with Gasteiger partial charge in [-0.3, -0.25) is 4.79 Å². The number of thiophene rings is 1. The highest BCUT2D eigenvalue weighted by molar-refractivity contribution is 7.17. The van der Waals surface area contributed by atoms with Crippen molar-refractivity contribution < 1.29 is 14.6 Å². The van der Waals surface area contributed by atoms with Gasteiger partial charge in [0.2, 0.25) is 5.28 Å². The van der Waals surface area contributed by atoms with E-state index in [0.29, 0.717) is 18.8 Å². The van der Waals surface area contributed by atoms with Gasteiger partial charge in [-0.1, -0.05) is 12.1 Å². The Morgan fingerprint density at radius 1 is 1.33 bits per heavy atom. The smallest absolute Gasteiger partial charge is 0.308 e. The molecule has 0 amide bonds. The van der Waals surface area contributed by atoms with Gasteiger partial charge in [0.15, 0.2) is 0 Å². The quantitative estimate of drug-likeness (QED) is 0.654. The molecular weight excluding hydrogens is 386 g/mol. The highest BCUT2D eigenvalue weighted by Crippen LogP contribution is 2.40. The number of ether oxygens (including phenoxy) is 1. The Hall–Kier alpha value is -2.38. The third-order valence-corrected chi connectivity index (χ3v) is 5.90. The van der Waals surface area contributed by atoms with Gasteiger partial charge in [-0.05, 0) is 42.1 Å². The van der Waals surface area contributed by atoms with Crippen molar-refractivity contribution in [3.05, 3.63) is 34.9 Å². The number of carboxylic acids is 1. The van der Waals surface area contributed by atoms with E-state index in [1.54, 1.807) is 7.11 Å². The molecule has 8 heteroatoms. The summed E-state index contributed by atoms with van der Waals surface area (Å²) < 4.78 is 5.24. The molecule has 3 aromatic rings. The van der Waals surface area contributed by atoms with Crippen molar-refractivity contribution in [1.82, 2.24) is 9.97 Å². The minimum Gasteiger partial charge on any atom is -0.497 e. The maximum absolute atomic E-state index is 11.5. The number of fused-ring (bicyclic) bond motifs is 1. The molecule has 0 radical (unpaired) electrons. The lowest BCUT2D eigenvalue weighted by Gasteiger charge is -2.32. The van der Waals surface area contributed by atoms with Gasteiger partial charge in [0.25, 0.3) is 0 Å². The van der Waals surface area contributed by atoms with Crippen molar-refractivity contribution >= 4 is 44.9 Å². The molecule has 1 aliphatic rings. The predicted molar refractivity (Wildman–Crippen MR) is 107 cm³/mol. The van der Waals surface area contributed by atoms with Gasteiger partial charge in [-0.25, -0.2) is 4.98 Å². The molecule has 6 nitrogen and oxygen atoms in total. The number of benzene rings is 1. The standard InChI is InChI=1S/C19H18ClN3O3S/c1-26-13-6-4-11(5-7-13)14-10-27-17-15(14)16(21-19(20)22-17)23-8-2-3-12(9-23)18(24)25/h4-7,10,12H,2-3,8-9H2,1H3,(H,24,25). The lowest BCUT2D eigenvalue weighted by molar-refractivity contribution is -0.141. The van der Waals surface area contributed by atoms with Crippen molar-refractivity contribution in [2.45, 2.75) is 12.8 Å². The van der Waals surface area contributed by atoms with Crippen LogP contribution in [0, 0.1) is 5.92 Å². The van der Waals surface area contributed by atoms with Crippen LogP contribution in [0.15, 0.2) is 29.6 Å². The molecule has 1 fully saturated rings. The Morgan fingerprint density at radius 3 is 2.81 bits per heavy atom. The van der Waals surface area contributed by atoms with Gasteiger partial charge in [-0.15, -0.1) is 11.3 Å². The molecule has 1 atom stereocenters. The fourth-order valence-electron chi connectivity index (χ4n) is 3.48. The second-order valence-corrected chi connectivity index (χ2v) is 7.69. The second kappa shape index (κ2) is 7.32. The van der Waals surface area contributed by atoms with Crippen LogP contribution in [0.3, 0.4) is 0 Å². The van der Waals surface area contributed by atoms with Crippen molar-refractivity contribution in [1.29, 1.82) is 0 Å². The van der Waals surface area contributed by atoms with Crippen LogP contribution in [-0.2, 0) is 4.79 Å². The minimum atomic E-state index is -0.767. The van der Waals surface area contributed by atoms with Crippen molar-refractivity contribution in [2.24, 2.45) is 5.92 Å². The van der Waals surface area contributed by atoms with E-state index >= 15 is 0 Å². The zero-order chi connectivity index (χ0) is 19.0. The van der Waals surface area contributed by atoms with Gasteiger partial charge < -0.3 is 14.7 Å². The van der Waals surface area contributed by atoms with E-state index < -0.39 is 11.9 Å². The molecule has 4 rings (SSSR count). The van der Waals surface area contributed by atoms with Crippen LogP contribution < -0.4 is 9.64 Å². The number of halogens is 1. The number of hydrogen-bond donors (Lipinski definition) is 1. The number of carboxylic acid groups (broad SMARTS) is 1. The van der Waals surface area contributed by atoms with Gasteiger partial charge in [0.1, 0.15) is 16.4 Å². The highest BCUT2D eigenvalue weighted by atomic mass is 35.5. The summed E-state index contributed by atoms with van der Waals surface area (Å²) in [5.41, 5.74) is 2.04. The number of aliphatic carboxylic acids is 1. The molecule has 140 valence electrons. The number of hydrogen-bond acceptors (Lipinski definition) is 6. The maximum Gasteiger partial charge on any atom is 0.308 e. The molecule has 0 bridgehead atoms. The molecule has 0 saturated carbocycles. The van der Waals surface area contributed by atoms with Crippen molar-refractivity contribution in [3.8, 4) is 16.9 Å². The third-order valence-electron chi connectivity index (χ3n) is 4.86. The van der Waals surface area contributed by atoms with Crippen molar-refractivity contribution in [2.75, 3.05) is 25.1 Å². The number of carbonyl (C=O) groups is 1. The van der Waals surface area contributed by atoms with Crippen LogP contribution in [0.1, 0.15) is 12.8 Å². The molecular formula is C19H18ClN3O3S. The number of anilines is 1. The Morgan fingerprint density at radius 2 is 2.11 bits per heavy atom. The minimum absolute atomic E-state index is 0.179. The number of aromatic nitrogens is 2. The zero-order valence-corrected chi connectivity index (χ0v) is 16.3. The summed E-state index contributed by atoms with van der Waals surface area (Å²) in [5, 5.41) is 12.6. The molecule has 2 aromatic heterocycles. The zero-order valence-electron chi connectivity index (χ0n) is 14.7. The lowest BCUT2D eigenvalue weighted by Crippen LogP contribution is -2.39. The summed E-state index contributed by atoms with van der Waals surface area (Å²) in [5.74, 6) is 0.337. The SMILES string of the molecule is COc1ccc(-c2csc3nc(Cl)nc(N4CCCC(C(=O)O)C4)c23)cc1. The van der Waals surface area contributed by atoms with Crippen LogP contribution in [0.25, 0.3) is 21.3 Å². The predicted octanol–water partition coefficient (Wildman–Crippen LogP) is 4.32. The van der Waals surface area contributed by atoms with E-state index in [2.05, 4.69) is 9.97 Å². The summed E-state index contributed by atoms with van der Waals surface area (Å²) in [6, 6.07) is 7.82. The Labute approximate surface area is 165 Å². The van der Waals surface area contributed by atoms with Gasteiger partial charge in [0, 0.05) is 24.0 Å². The number of rotatable bonds is 4. The van der Waals surface area contributed by atoms with E-state index in [9.17, 15) is 9.90 Å². The van der Waals surface area contributed by atoms with Crippen LogP contribution in [-0.4, -0.2) is 41.2 Å². The molecule has 27 heavy (non-hydrogen) atoms. The van der Waals surface area contributed by atoms with E-state index in [0.717, 1.165) is 40.1 Å². The molecule has 1 unspecified atom stereocenters. The van der Waals surface area contributed by atoms with Gasteiger partial charge >= 0.3 is 5.97 Å². The molecule has 0 aliphatic carbocycles. The lowest BCUT2D eigenvalue weighted by atomic mass is 9.97. The van der Waals surface area contributed by atoms with E-state index in [4.69, 9.17) is 16.3 Å². The maximum atomic E-state index is 11.5. The summed E-state index contributed by atoms with van der Waals surface area (Å²) in [6.07, 6.45) is 1.49. The third kappa shape index (κ3) is 3.44. The molecule has 1 saturated heterocycles. The molecule has 1 N–H and O–H groups in total. The summed E-state index contributed by atoms with van der Waals surface area (Å²) >= 11 is 7.67. The Kier molecular flexibility index (Phi) is 4.88. The van der Waals surface area contributed by atoms with Crippen LogP contribution in [0.5, 0.6) is 5.75 Å². The fourth-order valence-corrected chi connectivity index (χ4v) is 4.64. The number of methoxy groups -OCH3 is 1. The van der Waals surface area contributed by atoms with E-state index in [1.165, 1.54) is 11.3 Å². The van der Waals surface area contributed by atoms with Gasteiger partial charge in [-0.2, -0.15) is 4.98 Å². The monoisotopic (exact) mass is 403 g/mol. The summed E-state index contributed by atoms with van der Waals surface area (Å²) in [7, 11) is 1.64. The second-order valence-electron chi connectivity index (χ2n) is 6.50. The van der Waals surface area contributed by atoms with E-state index in [1.807, 2.05) is 34.5 Å². The summed E-state index contributed by atoms with van der Waals surface area (Å²) in [4.78, 5) is 23.1. The molecule has 0 spiro atoms. The average molecular weight is 404 g/mol. The normalized spacial score (nSPS) is 17.3. The average Bonchev–Trinajstić information content (AvgIpc) is 3.11. The Balaban J connectivity index is 1.82. The van der Waals surface area contributed by atoms with Crippen LogP contribution >= 0.6 is 22.9 Å². The number of nitrogens with zero attached hydrogens (tertiary/aromatic N) is 3. The van der Waals surface area contributed by atoms with Crippen molar-refractivity contribution in [3.63, 3.8) is 0 Å². The molecule has 3 heterocycles. The first-order valence-corrected chi connectivity index (χ1v) is 9.89. The first kappa shape index (κ1) is 18.0. The van der Waals surface area contributed by atoms with Gasteiger partial charge in [0.05, 0.1) is 18.4 Å². The fraction of sp³-hybridized carbons (Fsp3) is 0.316. The largest absolute Gasteiger partial charge is 0.497 e. The van der Waals surface area contributed by atoms with E-state index in [-0.39, 0.29) is 5.28 Å². The Bertz CT molecular complexity index is 990. The summed E-state index contributed by atoms with van der Waals surface area (Å²) in [6.45, 7) is 1.18. The topological polar surface area (TPSA) is 75.6 Å². The van der Waals surface area contributed by atoms with Crippen LogP contribution in [0.4, 0.5) is 5.82 Å². The molecule has 1 aliphatic heterocycles. The number of piperidine rings is 1. The highest BCUT2D eigenvalue weighted by Gasteiger charge is 2.28. The molecule has 1 aromatic carbocycles. The first-order valence-electron chi connectivity index (χ1n) is 8.63. The van der Waals surface area contributed by atoms with Crippen LogP contribution in [0.2, 0.25) is 5.28 Å².